The fourth-order valence-corrected chi connectivity index (χ4v) is 4.38. The summed E-state index contributed by atoms with van der Waals surface area (Å²) < 4.78 is 4.44. The number of fused-ring (bicyclic) bond motifs is 1. The number of aliphatic hydroxyl groups is 1. The molecule has 0 amide bonds. The monoisotopic (exact) mass is 474 g/mol. The molecule has 0 fully saturated rings. The second-order valence-electron chi connectivity index (χ2n) is 8.91. The highest BCUT2D eigenvalue weighted by Gasteiger charge is 2.14. The zero-order chi connectivity index (χ0) is 23.8. The Labute approximate surface area is 199 Å². The van der Waals surface area contributed by atoms with Crippen LogP contribution in [0.4, 0.5) is 0 Å². The summed E-state index contributed by atoms with van der Waals surface area (Å²) >= 11 is 5.90. The summed E-state index contributed by atoms with van der Waals surface area (Å²) in [7, 11) is 3.42. The third-order valence-corrected chi connectivity index (χ3v) is 6.55. The molecule has 0 radical (unpaired) electrons. The largest absolute Gasteiger partial charge is 0.393 e. The lowest BCUT2D eigenvalue weighted by Crippen LogP contribution is -2.39. The van der Waals surface area contributed by atoms with Gasteiger partial charge in [0.2, 0.25) is 0 Å². The van der Waals surface area contributed by atoms with E-state index in [2.05, 4.69) is 4.98 Å². The zero-order valence-electron chi connectivity index (χ0n) is 19.7. The first-order chi connectivity index (χ1) is 15.9. The second kappa shape index (κ2) is 12.2. The van der Waals surface area contributed by atoms with Crippen molar-refractivity contribution in [2.24, 2.45) is 14.1 Å². The molecule has 1 unspecified atom stereocenters. The van der Waals surface area contributed by atoms with Crippen LogP contribution in [0.1, 0.15) is 63.4 Å². The van der Waals surface area contributed by atoms with Crippen molar-refractivity contribution in [2.45, 2.75) is 76.9 Å². The maximum Gasteiger partial charge on any atom is 0.332 e. The van der Waals surface area contributed by atoms with Crippen LogP contribution in [0.5, 0.6) is 0 Å². The first kappa shape index (κ1) is 25.2. The van der Waals surface area contributed by atoms with Crippen LogP contribution in [-0.4, -0.2) is 29.9 Å². The number of aliphatic hydroxyl groups excluding tert-OH is 1. The molecule has 1 aromatic carbocycles. The van der Waals surface area contributed by atoms with Gasteiger partial charge in [-0.05, 0) is 43.4 Å². The van der Waals surface area contributed by atoms with Gasteiger partial charge in [0.25, 0.3) is 5.56 Å². The smallest absolute Gasteiger partial charge is 0.332 e. The number of rotatable bonds is 13. The van der Waals surface area contributed by atoms with Gasteiger partial charge in [-0.2, -0.15) is 0 Å². The predicted octanol–water partition coefficient (Wildman–Crippen LogP) is 4.20. The van der Waals surface area contributed by atoms with Crippen LogP contribution in [-0.2, 0) is 27.1 Å². The van der Waals surface area contributed by atoms with Gasteiger partial charge in [-0.3, -0.25) is 13.9 Å². The predicted molar refractivity (Wildman–Crippen MR) is 133 cm³/mol. The van der Waals surface area contributed by atoms with Gasteiger partial charge in [-0.1, -0.05) is 62.3 Å². The highest BCUT2D eigenvalue weighted by atomic mass is 35.5. The van der Waals surface area contributed by atoms with Gasteiger partial charge in [0.15, 0.2) is 11.2 Å². The van der Waals surface area contributed by atoms with Crippen LogP contribution in [0.25, 0.3) is 11.2 Å². The minimum Gasteiger partial charge on any atom is -0.393 e. The van der Waals surface area contributed by atoms with E-state index >= 15 is 0 Å². The summed E-state index contributed by atoms with van der Waals surface area (Å²) in [5, 5.41) is 10.9. The Morgan fingerprint density at radius 3 is 2.27 bits per heavy atom. The van der Waals surface area contributed by atoms with E-state index in [1.807, 2.05) is 24.3 Å². The van der Waals surface area contributed by atoms with Crippen LogP contribution in [0.15, 0.2) is 40.2 Å². The average Bonchev–Trinajstić information content (AvgIpc) is 3.19. The van der Waals surface area contributed by atoms with E-state index in [1.54, 1.807) is 25.0 Å². The molecule has 2 heterocycles. The highest BCUT2D eigenvalue weighted by Crippen LogP contribution is 2.15. The molecule has 1 N–H and O–H groups in total. The van der Waals surface area contributed by atoms with Gasteiger partial charge in [-0.25, -0.2) is 9.78 Å². The molecule has 7 nitrogen and oxygen atoms in total. The minimum atomic E-state index is -0.305. The Bertz CT molecular complexity index is 1150. The summed E-state index contributed by atoms with van der Waals surface area (Å²) in [4.78, 5) is 29.3. The van der Waals surface area contributed by atoms with Crippen molar-refractivity contribution in [2.75, 3.05) is 0 Å². The molecule has 180 valence electrons. The maximum atomic E-state index is 12.7. The lowest BCUT2D eigenvalue weighted by molar-refractivity contribution is 0.151. The molecule has 0 aliphatic carbocycles. The molecule has 3 aromatic rings. The average molecular weight is 475 g/mol. The Morgan fingerprint density at radius 2 is 1.58 bits per heavy atom. The number of imidazole rings is 1. The summed E-state index contributed by atoms with van der Waals surface area (Å²) in [6, 6.07) is 7.81. The van der Waals surface area contributed by atoms with E-state index in [0.717, 1.165) is 69.2 Å². The maximum absolute atomic E-state index is 12.7. The third kappa shape index (κ3) is 6.81. The second-order valence-corrected chi connectivity index (χ2v) is 9.35. The number of halogens is 1. The van der Waals surface area contributed by atoms with Crippen LogP contribution >= 0.6 is 11.6 Å². The normalized spacial score (nSPS) is 12.5. The molecule has 0 saturated carbocycles. The quantitative estimate of drug-likeness (QED) is 0.376. The van der Waals surface area contributed by atoms with Gasteiger partial charge >= 0.3 is 5.69 Å². The molecule has 8 heteroatoms. The summed E-state index contributed by atoms with van der Waals surface area (Å²) in [5.41, 5.74) is 1.54. The van der Waals surface area contributed by atoms with Crippen molar-refractivity contribution in [1.29, 1.82) is 0 Å². The van der Waals surface area contributed by atoms with E-state index in [4.69, 9.17) is 11.6 Å². The Hall–Kier alpha value is -2.38. The van der Waals surface area contributed by atoms with Crippen molar-refractivity contribution < 1.29 is 5.11 Å². The van der Waals surface area contributed by atoms with E-state index in [1.165, 1.54) is 14.7 Å². The molecule has 33 heavy (non-hydrogen) atoms. The van der Waals surface area contributed by atoms with Gasteiger partial charge < -0.3 is 9.67 Å². The molecule has 0 bridgehead atoms. The number of hydrogen-bond donors (Lipinski definition) is 1. The van der Waals surface area contributed by atoms with E-state index in [0.29, 0.717) is 17.7 Å². The van der Waals surface area contributed by atoms with Crippen molar-refractivity contribution in [3.63, 3.8) is 0 Å². The molecular weight excluding hydrogens is 440 g/mol. The van der Waals surface area contributed by atoms with Crippen molar-refractivity contribution in [1.82, 2.24) is 18.7 Å². The summed E-state index contributed by atoms with van der Waals surface area (Å²) in [6.07, 6.45) is 11.1. The summed E-state index contributed by atoms with van der Waals surface area (Å²) in [6.45, 7) is 0.437. The molecular formula is C25H35ClN4O3. The first-order valence-electron chi connectivity index (χ1n) is 11.9. The van der Waals surface area contributed by atoms with E-state index in [-0.39, 0.29) is 17.4 Å². The molecule has 0 spiro atoms. The molecule has 0 aliphatic heterocycles. The number of aryl methyl sites for hydroxylation is 3. The van der Waals surface area contributed by atoms with Crippen LogP contribution in [0, 0.1) is 0 Å². The fourth-order valence-electron chi connectivity index (χ4n) is 4.26. The van der Waals surface area contributed by atoms with E-state index in [9.17, 15) is 14.7 Å². The number of aromatic nitrogens is 4. The van der Waals surface area contributed by atoms with Crippen LogP contribution in [0.2, 0.25) is 5.02 Å². The Kier molecular flexibility index (Phi) is 9.32. The van der Waals surface area contributed by atoms with Crippen molar-refractivity contribution in [3.8, 4) is 0 Å². The molecule has 0 aliphatic rings. The standard InChI is InChI=1S/C25H35ClN4O3/c1-28-18-27-23-22(28)24(32)30(25(33)29(23)2)17-9-7-5-3-4-6-8-10-21(31)16-13-19-11-14-20(26)15-12-19/h11-12,14-15,18,21,31H,3-10,13,16-17H2,1-2H3. The lowest BCUT2D eigenvalue weighted by Gasteiger charge is -2.10. The molecule has 3 rings (SSSR count). The topological polar surface area (TPSA) is 82.1 Å². The highest BCUT2D eigenvalue weighted by molar-refractivity contribution is 6.30. The Morgan fingerprint density at radius 1 is 0.939 bits per heavy atom. The zero-order valence-corrected chi connectivity index (χ0v) is 20.4. The molecule has 1 atom stereocenters. The van der Waals surface area contributed by atoms with Gasteiger partial charge in [0, 0.05) is 25.7 Å². The number of unbranched alkanes of at least 4 members (excludes halogenated alkanes) is 6. The number of hydrogen-bond acceptors (Lipinski definition) is 4. The van der Waals surface area contributed by atoms with Gasteiger partial charge in [0.05, 0.1) is 12.4 Å². The fraction of sp³-hybridized carbons (Fsp3) is 0.560. The first-order valence-corrected chi connectivity index (χ1v) is 12.3. The van der Waals surface area contributed by atoms with E-state index < -0.39 is 0 Å². The summed E-state index contributed by atoms with van der Waals surface area (Å²) in [5.74, 6) is 0. The minimum absolute atomic E-state index is 0.252. The SMILES string of the molecule is Cn1cnc2c1c(=O)n(CCCCCCCCCC(O)CCc1ccc(Cl)cc1)c(=O)n2C. The van der Waals surface area contributed by atoms with Crippen molar-refractivity contribution >= 4 is 22.8 Å². The molecule has 2 aromatic heterocycles. The van der Waals surface area contributed by atoms with Crippen LogP contribution in [0.3, 0.4) is 0 Å². The van der Waals surface area contributed by atoms with Crippen LogP contribution < -0.4 is 11.2 Å². The van der Waals surface area contributed by atoms with Crippen molar-refractivity contribution in [3.05, 3.63) is 62.0 Å². The van der Waals surface area contributed by atoms with Gasteiger partial charge in [-0.15, -0.1) is 0 Å². The number of nitrogens with zero attached hydrogens (tertiary/aromatic N) is 4. The number of benzene rings is 1. The van der Waals surface area contributed by atoms with Gasteiger partial charge in [0.1, 0.15) is 0 Å². The molecule has 0 saturated heterocycles. The lowest BCUT2D eigenvalue weighted by atomic mass is 10.0. The third-order valence-electron chi connectivity index (χ3n) is 6.30. The Balaban J connectivity index is 1.28.